The van der Waals surface area contributed by atoms with Crippen molar-refractivity contribution in [3.05, 3.63) is 244 Å². The summed E-state index contributed by atoms with van der Waals surface area (Å²) in [6, 6.07) is 72.2. The first-order valence-electron chi connectivity index (χ1n) is 23.7. The number of rotatable bonds is 5. The van der Waals surface area contributed by atoms with Gasteiger partial charge in [0.1, 0.15) is 0 Å². The summed E-state index contributed by atoms with van der Waals surface area (Å²) < 4.78 is 1.25. The highest BCUT2D eigenvalue weighted by Gasteiger charge is 2.47. The van der Waals surface area contributed by atoms with Gasteiger partial charge in [-0.25, -0.2) is 4.99 Å². The lowest BCUT2D eigenvalue weighted by atomic mass is 9.78. The first kappa shape index (κ1) is 38.6. The van der Waals surface area contributed by atoms with Crippen molar-refractivity contribution in [2.75, 3.05) is 0 Å². The van der Waals surface area contributed by atoms with Gasteiger partial charge in [0.25, 0.3) is 0 Å². The van der Waals surface area contributed by atoms with Crippen molar-refractivity contribution < 1.29 is 0 Å². The molecule has 1 saturated carbocycles. The van der Waals surface area contributed by atoms with Gasteiger partial charge in [-0.15, -0.1) is 17.1 Å². The third-order valence-electron chi connectivity index (χ3n) is 15.3. The standard InChI is InChI=1S/C65H45NS/c1-38-34-52(44-32-33-48-47-17-9-11-22-57(47)65(2,3)58(48)35-44)64-63(50-19-10-12-23-59(50)67-64)66-62(38)56-37-55-53-36-54(53)60-45(20-13-21-51(60)61(55)49-18-8-7-16-46(49)56)43-30-28-42(29-31-43)41-26-24-40(25-27-41)39-14-5-4-6-15-39/h4-33,35,37,53-54H,36H2,1-3H3. The average Bonchev–Trinajstić information content (AvgIpc) is 4.09. The van der Waals surface area contributed by atoms with E-state index in [9.17, 15) is 0 Å². The van der Waals surface area contributed by atoms with Crippen molar-refractivity contribution in [1.82, 2.24) is 0 Å². The van der Waals surface area contributed by atoms with Gasteiger partial charge in [-0.2, -0.15) is 0 Å². The van der Waals surface area contributed by atoms with Crippen LogP contribution in [-0.4, -0.2) is 5.71 Å². The lowest BCUT2D eigenvalue weighted by molar-refractivity contribution is 0.660. The van der Waals surface area contributed by atoms with Crippen molar-refractivity contribution in [2.45, 2.75) is 44.4 Å². The Morgan fingerprint density at radius 2 is 1.09 bits per heavy atom. The van der Waals surface area contributed by atoms with E-state index in [0.717, 1.165) is 29.0 Å². The van der Waals surface area contributed by atoms with E-state index < -0.39 is 0 Å². The van der Waals surface area contributed by atoms with Crippen LogP contribution in [0.5, 0.6) is 0 Å². The quantitative estimate of drug-likeness (QED) is 0.153. The number of hydrogen-bond donors (Lipinski definition) is 0. The molecule has 1 aliphatic heterocycles. The Hall–Kier alpha value is -7.61. The second kappa shape index (κ2) is 14.4. The number of benzene rings is 9. The van der Waals surface area contributed by atoms with E-state index >= 15 is 0 Å². The van der Waals surface area contributed by atoms with Crippen molar-refractivity contribution in [2.24, 2.45) is 4.99 Å². The summed E-state index contributed by atoms with van der Waals surface area (Å²) in [4.78, 5) is 6.96. The number of thiophene rings is 1. The first-order valence-corrected chi connectivity index (χ1v) is 24.5. The van der Waals surface area contributed by atoms with Gasteiger partial charge in [-0.1, -0.05) is 190 Å². The van der Waals surface area contributed by atoms with Crippen LogP contribution in [0.1, 0.15) is 77.3 Å². The summed E-state index contributed by atoms with van der Waals surface area (Å²) >= 11 is 1.84. The maximum absolute atomic E-state index is 5.78. The Morgan fingerprint density at radius 1 is 0.493 bits per heavy atom. The van der Waals surface area contributed by atoms with E-state index in [-0.39, 0.29) is 5.41 Å². The molecule has 9 aromatic carbocycles. The highest BCUT2D eigenvalue weighted by atomic mass is 32.1. The van der Waals surface area contributed by atoms with Crippen LogP contribution in [-0.2, 0) is 5.41 Å². The van der Waals surface area contributed by atoms with Crippen molar-refractivity contribution in [1.29, 1.82) is 0 Å². The van der Waals surface area contributed by atoms with Gasteiger partial charge in [-0.05, 0) is 138 Å². The molecule has 0 spiro atoms. The molecular formula is C65H45NS. The van der Waals surface area contributed by atoms with Gasteiger partial charge in [0.15, 0.2) is 0 Å². The van der Waals surface area contributed by atoms with Gasteiger partial charge in [-0.3, -0.25) is 0 Å². The van der Waals surface area contributed by atoms with E-state index in [4.69, 9.17) is 4.99 Å². The molecule has 316 valence electrons. The molecule has 0 N–H and O–H groups in total. The van der Waals surface area contributed by atoms with E-state index in [1.54, 1.807) is 0 Å². The maximum atomic E-state index is 5.78. The zero-order valence-corrected chi connectivity index (χ0v) is 38.5. The van der Waals surface area contributed by atoms with Crippen LogP contribution in [0.2, 0.25) is 0 Å². The number of hydrogen-bond acceptors (Lipinski definition) is 2. The largest absolute Gasteiger partial charge is 0.245 e. The molecule has 14 rings (SSSR count). The monoisotopic (exact) mass is 871 g/mol. The molecule has 1 fully saturated rings. The fourth-order valence-corrected chi connectivity index (χ4v) is 13.1. The highest BCUT2D eigenvalue weighted by molar-refractivity contribution is 7.20. The predicted molar refractivity (Wildman–Crippen MR) is 283 cm³/mol. The maximum Gasteiger partial charge on any atom is 0.0909 e. The number of aliphatic imine (C=N–C) groups is 1. The minimum Gasteiger partial charge on any atom is -0.245 e. The second-order valence-corrected chi connectivity index (χ2v) is 20.5. The van der Waals surface area contributed by atoms with Gasteiger partial charge >= 0.3 is 0 Å². The third kappa shape index (κ3) is 5.83. The van der Waals surface area contributed by atoms with Crippen LogP contribution in [0.25, 0.3) is 82.1 Å². The molecule has 2 heterocycles. The Bertz CT molecular complexity index is 3830. The summed E-state index contributed by atoms with van der Waals surface area (Å²) in [5, 5.41) is 3.73. The summed E-state index contributed by atoms with van der Waals surface area (Å²) in [5.74, 6) is 0.951. The van der Waals surface area contributed by atoms with Crippen LogP contribution in [0.4, 0.5) is 5.69 Å². The van der Waals surface area contributed by atoms with Crippen LogP contribution in [0, 0.1) is 0 Å². The number of nitrogens with zero attached hydrogens (tertiary/aromatic N) is 1. The molecule has 0 saturated heterocycles. The molecule has 3 aliphatic carbocycles. The second-order valence-electron chi connectivity index (χ2n) is 19.5. The van der Waals surface area contributed by atoms with Gasteiger partial charge in [0, 0.05) is 32.2 Å². The highest BCUT2D eigenvalue weighted by Crippen LogP contribution is 2.65. The summed E-state index contributed by atoms with van der Waals surface area (Å²) in [7, 11) is 0. The van der Waals surface area contributed by atoms with E-state index in [2.05, 4.69) is 221 Å². The fraction of sp³-hybridized carbons (Fsp3) is 0.108. The van der Waals surface area contributed by atoms with E-state index in [1.165, 1.54) is 115 Å². The smallest absolute Gasteiger partial charge is 0.0909 e. The summed E-state index contributed by atoms with van der Waals surface area (Å²) in [6.45, 7) is 6.96. The summed E-state index contributed by atoms with van der Waals surface area (Å²) in [5.41, 5.74) is 29.3. The Kier molecular flexibility index (Phi) is 8.33. The Balaban J connectivity index is 0.894. The topological polar surface area (TPSA) is 12.4 Å². The molecule has 1 nitrogen and oxygen atoms in total. The normalized spacial score (nSPS) is 17.0. The fourth-order valence-electron chi connectivity index (χ4n) is 11.9. The van der Waals surface area contributed by atoms with Crippen molar-refractivity contribution in [3.63, 3.8) is 0 Å². The molecule has 2 heteroatoms. The minimum atomic E-state index is -0.0973. The van der Waals surface area contributed by atoms with E-state index in [0.29, 0.717) is 11.8 Å². The Labute approximate surface area is 395 Å². The van der Waals surface area contributed by atoms with Gasteiger partial charge in [0.2, 0.25) is 0 Å². The van der Waals surface area contributed by atoms with Crippen LogP contribution in [0.15, 0.2) is 210 Å². The molecular weight excluding hydrogens is 827 g/mol. The van der Waals surface area contributed by atoms with Crippen LogP contribution >= 0.6 is 11.3 Å². The van der Waals surface area contributed by atoms with Crippen LogP contribution < -0.4 is 0 Å². The lowest BCUT2D eigenvalue weighted by Crippen LogP contribution is -2.15. The molecule has 1 aromatic heterocycles. The molecule has 0 radical (unpaired) electrons. The van der Waals surface area contributed by atoms with Gasteiger partial charge in [0.05, 0.1) is 16.3 Å². The molecule has 2 atom stereocenters. The zero-order valence-electron chi connectivity index (χ0n) is 37.7. The number of fused-ring (bicyclic) bond motifs is 14. The average molecular weight is 872 g/mol. The molecule has 67 heavy (non-hydrogen) atoms. The Morgan fingerprint density at radius 3 is 1.87 bits per heavy atom. The lowest BCUT2D eigenvalue weighted by Gasteiger charge is -2.25. The van der Waals surface area contributed by atoms with Crippen molar-refractivity contribution >= 4 is 49.2 Å². The predicted octanol–water partition coefficient (Wildman–Crippen LogP) is 17.7. The summed E-state index contributed by atoms with van der Waals surface area (Å²) in [6.07, 6.45) is 1.16. The number of allylic oxidation sites excluding steroid dienone is 1. The first-order chi connectivity index (χ1) is 32.9. The third-order valence-corrected chi connectivity index (χ3v) is 16.5. The molecule has 4 aliphatic rings. The van der Waals surface area contributed by atoms with Crippen molar-refractivity contribution in [3.8, 4) is 55.6 Å². The minimum absolute atomic E-state index is 0.0973. The molecule has 0 bridgehead atoms. The van der Waals surface area contributed by atoms with Gasteiger partial charge < -0.3 is 0 Å². The zero-order chi connectivity index (χ0) is 44.5. The molecule has 10 aromatic rings. The molecule has 2 unspecified atom stereocenters. The van der Waals surface area contributed by atoms with Crippen LogP contribution in [0.3, 0.4) is 0 Å². The van der Waals surface area contributed by atoms with E-state index in [1.807, 2.05) is 11.3 Å². The molecule has 0 amide bonds. The SMILES string of the molecule is CC1=C=C(c2ccc3c(c2)C(C)(C)c2ccccc2-3)c2sc3ccccc3c2N=C1c1cc2c(c3ccccc13)-c1cccc(-c3ccc(-c4ccc(-c5ccccc5)cc4)cc3)c1C1CC21.